The highest BCUT2D eigenvalue weighted by Gasteiger charge is 2.03. The average Bonchev–Trinajstić information content (AvgIpc) is 2.38. The minimum Gasteiger partial charge on any atom is -0.471 e. The Morgan fingerprint density at radius 2 is 2.00 bits per heavy atom. The van der Waals surface area contributed by atoms with Crippen molar-refractivity contribution in [1.82, 2.24) is 4.98 Å². The van der Waals surface area contributed by atoms with E-state index in [0.29, 0.717) is 5.56 Å². The maximum atomic E-state index is 13.2. The zero-order chi connectivity index (χ0) is 12.1. The molecule has 0 unspecified atom stereocenters. The summed E-state index contributed by atoms with van der Waals surface area (Å²) >= 11 is 0. The summed E-state index contributed by atoms with van der Waals surface area (Å²) < 4.78 is 18.4. The Morgan fingerprint density at radius 1 is 1.24 bits per heavy atom. The molecule has 0 amide bonds. The van der Waals surface area contributed by atoms with Gasteiger partial charge in [0.1, 0.15) is 6.61 Å². The van der Waals surface area contributed by atoms with Crippen LogP contribution in [0.4, 0.5) is 4.39 Å². The van der Waals surface area contributed by atoms with E-state index in [1.807, 2.05) is 6.07 Å². The first kappa shape index (κ1) is 11.1. The van der Waals surface area contributed by atoms with Gasteiger partial charge in [-0.15, -0.1) is 0 Å². The van der Waals surface area contributed by atoms with Crippen LogP contribution < -0.4 is 4.74 Å². The van der Waals surface area contributed by atoms with Crippen molar-refractivity contribution in [3.05, 3.63) is 59.5 Å². The van der Waals surface area contributed by atoms with E-state index in [4.69, 9.17) is 10.00 Å². The third-order valence-corrected chi connectivity index (χ3v) is 2.18. The molecule has 1 heterocycles. The minimum absolute atomic E-state index is 0.0168. The number of hydrogen-bond donors (Lipinski definition) is 0. The van der Waals surface area contributed by atoms with E-state index in [1.165, 1.54) is 18.3 Å². The SMILES string of the molecule is N#Cc1ccc(COc2ncccc2F)cc1. The Labute approximate surface area is 98.1 Å². The van der Waals surface area contributed by atoms with Gasteiger partial charge < -0.3 is 4.74 Å². The van der Waals surface area contributed by atoms with Crippen molar-refractivity contribution in [1.29, 1.82) is 5.26 Å². The van der Waals surface area contributed by atoms with Gasteiger partial charge in [0.05, 0.1) is 11.6 Å². The van der Waals surface area contributed by atoms with Crippen LogP contribution in [0.15, 0.2) is 42.6 Å². The van der Waals surface area contributed by atoms with Crippen LogP contribution in [-0.2, 0) is 6.61 Å². The van der Waals surface area contributed by atoms with Crippen molar-refractivity contribution in [2.24, 2.45) is 0 Å². The van der Waals surface area contributed by atoms with Gasteiger partial charge in [-0.3, -0.25) is 0 Å². The van der Waals surface area contributed by atoms with Gasteiger partial charge in [0.2, 0.25) is 0 Å². The summed E-state index contributed by atoms with van der Waals surface area (Å²) in [6.07, 6.45) is 1.47. The minimum atomic E-state index is -0.485. The smallest absolute Gasteiger partial charge is 0.250 e. The molecule has 0 spiro atoms. The van der Waals surface area contributed by atoms with Gasteiger partial charge in [-0.05, 0) is 29.8 Å². The number of rotatable bonds is 3. The van der Waals surface area contributed by atoms with Gasteiger partial charge in [-0.25, -0.2) is 9.37 Å². The molecule has 0 aliphatic heterocycles. The molecule has 4 heteroatoms. The summed E-state index contributed by atoms with van der Waals surface area (Å²) in [7, 11) is 0. The maximum Gasteiger partial charge on any atom is 0.250 e. The van der Waals surface area contributed by atoms with Crippen molar-refractivity contribution >= 4 is 0 Å². The zero-order valence-electron chi connectivity index (χ0n) is 8.93. The van der Waals surface area contributed by atoms with E-state index < -0.39 is 5.82 Å². The summed E-state index contributed by atoms with van der Waals surface area (Å²) in [6, 6.07) is 11.7. The van der Waals surface area contributed by atoms with Crippen LogP contribution in [0.2, 0.25) is 0 Å². The maximum absolute atomic E-state index is 13.2. The van der Waals surface area contributed by atoms with E-state index in [1.54, 1.807) is 24.3 Å². The van der Waals surface area contributed by atoms with Gasteiger partial charge in [-0.2, -0.15) is 5.26 Å². The van der Waals surface area contributed by atoms with Gasteiger partial charge in [0.25, 0.3) is 5.88 Å². The molecular formula is C13H9FN2O. The topological polar surface area (TPSA) is 45.9 Å². The highest BCUT2D eigenvalue weighted by atomic mass is 19.1. The number of aromatic nitrogens is 1. The fourth-order valence-corrected chi connectivity index (χ4v) is 1.30. The Kier molecular flexibility index (Phi) is 3.31. The van der Waals surface area contributed by atoms with E-state index >= 15 is 0 Å². The number of benzene rings is 1. The molecule has 1 aromatic heterocycles. The molecule has 0 atom stereocenters. The largest absolute Gasteiger partial charge is 0.471 e. The molecule has 0 bridgehead atoms. The first-order valence-electron chi connectivity index (χ1n) is 5.02. The zero-order valence-corrected chi connectivity index (χ0v) is 8.93. The number of halogens is 1. The second-order valence-electron chi connectivity index (χ2n) is 3.39. The molecular weight excluding hydrogens is 219 g/mol. The average molecular weight is 228 g/mol. The summed E-state index contributed by atoms with van der Waals surface area (Å²) in [5, 5.41) is 8.63. The monoisotopic (exact) mass is 228 g/mol. The number of ether oxygens (including phenoxy) is 1. The van der Waals surface area contributed by atoms with Crippen LogP contribution in [-0.4, -0.2) is 4.98 Å². The lowest BCUT2D eigenvalue weighted by Crippen LogP contribution is -1.99. The van der Waals surface area contributed by atoms with E-state index in [9.17, 15) is 4.39 Å². The van der Waals surface area contributed by atoms with Gasteiger partial charge >= 0.3 is 0 Å². The highest BCUT2D eigenvalue weighted by molar-refractivity contribution is 5.31. The lowest BCUT2D eigenvalue weighted by Gasteiger charge is -2.05. The summed E-state index contributed by atoms with van der Waals surface area (Å²) in [5.74, 6) is -0.502. The van der Waals surface area contributed by atoms with Crippen molar-refractivity contribution in [2.45, 2.75) is 6.61 Å². The van der Waals surface area contributed by atoms with Crippen molar-refractivity contribution in [2.75, 3.05) is 0 Å². The molecule has 1 aromatic carbocycles. The highest BCUT2D eigenvalue weighted by Crippen LogP contribution is 2.13. The molecule has 0 saturated carbocycles. The molecule has 0 N–H and O–H groups in total. The molecule has 0 radical (unpaired) electrons. The molecule has 0 saturated heterocycles. The van der Waals surface area contributed by atoms with Crippen molar-refractivity contribution in [3.8, 4) is 11.9 Å². The van der Waals surface area contributed by atoms with Crippen LogP contribution >= 0.6 is 0 Å². The van der Waals surface area contributed by atoms with Crippen LogP contribution in [0, 0.1) is 17.1 Å². The first-order valence-corrected chi connectivity index (χ1v) is 5.02. The predicted octanol–water partition coefficient (Wildman–Crippen LogP) is 2.67. The van der Waals surface area contributed by atoms with Crippen molar-refractivity contribution in [3.63, 3.8) is 0 Å². The van der Waals surface area contributed by atoms with Gasteiger partial charge in [0, 0.05) is 6.20 Å². The standard InChI is InChI=1S/C13H9FN2O/c14-12-2-1-7-16-13(12)17-9-11-5-3-10(8-15)4-6-11/h1-7H,9H2. The number of nitriles is 1. The van der Waals surface area contributed by atoms with Crippen molar-refractivity contribution < 1.29 is 9.13 Å². The normalized spacial score (nSPS) is 9.65. The van der Waals surface area contributed by atoms with Crippen LogP contribution in [0.3, 0.4) is 0 Å². The second kappa shape index (κ2) is 5.08. The second-order valence-corrected chi connectivity index (χ2v) is 3.39. The van der Waals surface area contributed by atoms with Gasteiger partial charge in [0.15, 0.2) is 5.82 Å². The van der Waals surface area contributed by atoms with Gasteiger partial charge in [-0.1, -0.05) is 12.1 Å². The fourth-order valence-electron chi connectivity index (χ4n) is 1.30. The third kappa shape index (κ3) is 2.79. The summed E-state index contributed by atoms with van der Waals surface area (Å²) in [5.41, 5.74) is 1.44. The molecule has 17 heavy (non-hydrogen) atoms. The molecule has 2 aromatic rings. The Balaban J connectivity index is 2.03. The summed E-state index contributed by atoms with van der Waals surface area (Å²) in [4.78, 5) is 3.78. The number of hydrogen-bond acceptors (Lipinski definition) is 3. The molecule has 0 aliphatic carbocycles. The first-order chi connectivity index (χ1) is 8.29. The van der Waals surface area contributed by atoms with Crippen LogP contribution in [0.1, 0.15) is 11.1 Å². The third-order valence-electron chi connectivity index (χ3n) is 2.18. The molecule has 84 valence electrons. The molecule has 0 fully saturated rings. The fraction of sp³-hybridized carbons (Fsp3) is 0.0769. The van der Waals surface area contributed by atoms with E-state index in [-0.39, 0.29) is 12.5 Å². The Bertz CT molecular complexity index is 546. The predicted molar refractivity (Wildman–Crippen MR) is 59.7 cm³/mol. The Hall–Kier alpha value is -2.41. The van der Waals surface area contributed by atoms with Crippen LogP contribution in [0.25, 0.3) is 0 Å². The van der Waals surface area contributed by atoms with Crippen LogP contribution in [0.5, 0.6) is 5.88 Å². The molecule has 3 nitrogen and oxygen atoms in total. The summed E-state index contributed by atoms with van der Waals surface area (Å²) in [6.45, 7) is 0.222. The Morgan fingerprint density at radius 3 is 2.65 bits per heavy atom. The molecule has 2 rings (SSSR count). The quantitative estimate of drug-likeness (QED) is 0.811. The lowest BCUT2D eigenvalue weighted by atomic mass is 10.2. The van der Waals surface area contributed by atoms with E-state index in [2.05, 4.69) is 4.98 Å². The number of nitrogens with zero attached hydrogens (tertiary/aromatic N) is 2. The molecule has 0 aliphatic rings. The lowest BCUT2D eigenvalue weighted by molar-refractivity contribution is 0.277. The number of pyridine rings is 1. The van der Waals surface area contributed by atoms with E-state index in [0.717, 1.165) is 5.56 Å².